The first-order chi connectivity index (χ1) is 8.74. The molecule has 1 atom stereocenters. The number of rotatable bonds is 4. The molecule has 0 saturated carbocycles. The summed E-state index contributed by atoms with van der Waals surface area (Å²) in [7, 11) is 0. The summed E-state index contributed by atoms with van der Waals surface area (Å²) in [5.74, 6) is 0.287. The summed E-state index contributed by atoms with van der Waals surface area (Å²) in [6, 6.07) is 9.94. The van der Waals surface area contributed by atoms with Gasteiger partial charge in [-0.15, -0.1) is 0 Å². The van der Waals surface area contributed by atoms with Gasteiger partial charge in [-0.2, -0.15) is 0 Å². The molecule has 3 nitrogen and oxygen atoms in total. The van der Waals surface area contributed by atoms with Crippen LogP contribution >= 0.6 is 0 Å². The highest BCUT2D eigenvalue weighted by Gasteiger charge is 2.17. The Labute approximate surface area is 109 Å². The number of carbonyl (C=O) groups excluding carboxylic acids is 1. The summed E-state index contributed by atoms with van der Waals surface area (Å²) in [6.07, 6.45) is 1.78. The molecule has 0 spiro atoms. The van der Waals surface area contributed by atoms with Crippen LogP contribution in [0.5, 0.6) is 0 Å². The fourth-order valence-electron chi connectivity index (χ4n) is 2.35. The second kappa shape index (κ2) is 6.66. The van der Waals surface area contributed by atoms with E-state index in [1.807, 2.05) is 30.3 Å². The number of ether oxygens (including phenoxy) is 1. The quantitative estimate of drug-likeness (QED) is 0.814. The van der Waals surface area contributed by atoms with E-state index >= 15 is 0 Å². The van der Waals surface area contributed by atoms with Gasteiger partial charge in [0.1, 0.15) is 0 Å². The Morgan fingerprint density at radius 2 is 2.17 bits per heavy atom. The first-order valence-corrected chi connectivity index (χ1v) is 6.63. The molecular formula is C15H21NO2. The molecular weight excluding hydrogens is 226 g/mol. The van der Waals surface area contributed by atoms with Crippen LogP contribution < -0.4 is 0 Å². The lowest BCUT2D eigenvalue weighted by molar-refractivity contribution is -0.119. The second-order valence-corrected chi connectivity index (χ2v) is 4.97. The zero-order valence-corrected chi connectivity index (χ0v) is 11.0. The maximum Gasteiger partial charge on any atom is 0.151 e. The first-order valence-electron chi connectivity index (χ1n) is 6.63. The van der Waals surface area contributed by atoms with Gasteiger partial charge in [-0.3, -0.25) is 9.69 Å². The highest BCUT2D eigenvalue weighted by Crippen LogP contribution is 2.06. The number of carbonyl (C=O) groups is 1. The minimum absolute atomic E-state index is 0.233. The number of hydrogen-bond donors (Lipinski definition) is 0. The summed E-state index contributed by atoms with van der Waals surface area (Å²) in [5.41, 5.74) is 1.10. The molecule has 1 aliphatic rings. The largest absolute Gasteiger partial charge is 0.377 e. The van der Waals surface area contributed by atoms with Gasteiger partial charge in [0.25, 0.3) is 0 Å². The number of nitrogens with zero attached hydrogens (tertiary/aromatic N) is 1. The Hall–Kier alpha value is -1.19. The summed E-state index contributed by atoms with van der Waals surface area (Å²) in [4.78, 5) is 14.2. The normalized spacial score (nSPS) is 21.5. The van der Waals surface area contributed by atoms with E-state index in [0.29, 0.717) is 13.0 Å². The topological polar surface area (TPSA) is 29.5 Å². The van der Waals surface area contributed by atoms with Gasteiger partial charge >= 0.3 is 0 Å². The molecule has 0 N–H and O–H groups in total. The van der Waals surface area contributed by atoms with Crippen molar-refractivity contribution in [1.29, 1.82) is 0 Å². The van der Waals surface area contributed by atoms with E-state index in [2.05, 4.69) is 11.8 Å². The van der Waals surface area contributed by atoms with Crippen molar-refractivity contribution in [3.8, 4) is 0 Å². The Bertz CT molecular complexity index is 377. The van der Waals surface area contributed by atoms with Gasteiger partial charge in [-0.05, 0) is 18.9 Å². The van der Waals surface area contributed by atoms with Crippen molar-refractivity contribution in [3.05, 3.63) is 35.9 Å². The predicted molar refractivity (Wildman–Crippen MR) is 71.6 cm³/mol. The zero-order valence-electron chi connectivity index (χ0n) is 11.0. The van der Waals surface area contributed by atoms with E-state index in [1.54, 1.807) is 0 Å². The first kappa shape index (κ1) is 13.2. The predicted octanol–water partition coefficient (Wildman–Crippen LogP) is 1.91. The van der Waals surface area contributed by atoms with Crippen LogP contribution in [0.15, 0.2) is 30.3 Å². The molecule has 0 aromatic heterocycles. The van der Waals surface area contributed by atoms with E-state index in [4.69, 9.17) is 4.74 Å². The summed E-state index contributed by atoms with van der Waals surface area (Å²) in [5, 5.41) is 0. The molecule has 3 heteroatoms. The highest BCUT2D eigenvalue weighted by molar-refractivity contribution is 5.82. The summed E-state index contributed by atoms with van der Waals surface area (Å²) >= 11 is 0. The molecule has 1 aromatic carbocycles. The van der Waals surface area contributed by atoms with Gasteiger partial charge in [0.2, 0.25) is 0 Å². The Morgan fingerprint density at radius 1 is 1.39 bits per heavy atom. The van der Waals surface area contributed by atoms with Crippen molar-refractivity contribution < 1.29 is 9.53 Å². The lowest BCUT2D eigenvalue weighted by Crippen LogP contribution is -2.35. The molecule has 0 radical (unpaired) electrons. The van der Waals surface area contributed by atoms with E-state index in [0.717, 1.165) is 31.7 Å². The van der Waals surface area contributed by atoms with Gasteiger partial charge in [0.05, 0.1) is 12.6 Å². The molecule has 1 heterocycles. The Balaban J connectivity index is 1.83. The smallest absolute Gasteiger partial charge is 0.151 e. The van der Waals surface area contributed by atoms with Crippen LogP contribution in [0.25, 0.3) is 0 Å². The molecule has 1 unspecified atom stereocenters. The van der Waals surface area contributed by atoms with Crippen molar-refractivity contribution >= 4 is 5.78 Å². The summed E-state index contributed by atoms with van der Waals surface area (Å²) in [6.45, 7) is 5.25. The van der Waals surface area contributed by atoms with Crippen LogP contribution in [-0.2, 0) is 16.0 Å². The minimum Gasteiger partial charge on any atom is -0.377 e. The Kier molecular flexibility index (Phi) is 4.90. The van der Waals surface area contributed by atoms with Crippen LogP contribution in [-0.4, -0.2) is 43.0 Å². The van der Waals surface area contributed by atoms with Crippen LogP contribution in [0.2, 0.25) is 0 Å². The third kappa shape index (κ3) is 4.24. The van der Waals surface area contributed by atoms with Crippen LogP contribution in [0, 0.1) is 0 Å². The molecule has 0 aliphatic carbocycles. The number of hydrogen-bond acceptors (Lipinski definition) is 3. The average molecular weight is 247 g/mol. The van der Waals surface area contributed by atoms with Crippen molar-refractivity contribution in [2.75, 3.05) is 26.2 Å². The molecule has 98 valence electrons. The average Bonchev–Trinajstić information content (AvgIpc) is 2.54. The maximum absolute atomic E-state index is 12.0. The van der Waals surface area contributed by atoms with Gasteiger partial charge in [-0.1, -0.05) is 30.3 Å². The molecule has 1 saturated heterocycles. The van der Waals surface area contributed by atoms with Gasteiger partial charge in [-0.25, -0.2) is 0 Å². The SMILES string of the molecule is CC1CN(CC(=O)Cc2ccccc2)CCCO1. The van der Waals surface area contributed by atoms with Gasteiger partial charge < -0.3 is 4.74 Å². The van der Waals surface area contributed by atoms with Gasteiger partial charge in [0.15, 0.2) is 5.78 Å². The van der Waals surface area contributed by atoms with Crippen molar-refractivity contribution in [2.45, 2.75) is 25.9 Å². The fourth-order valence-corrected chi connectivity index (χ4v) is 2.35. The molecule has 1 aromatic rings. The lowest BCUT2D eigenvalue weighted by Gasteiger charge is -2.20. The zero-order chi connectivity index (χ0) is 12.8. The van der Waals surface area contributed by atoms with Crippen LogP contribution in [0.1, 0.15) is 18.9 Å². The number of Topliss-reactive ketones (excluding diaryl/α,β-unsaturated/α-hetero) is 1. The van der Waals surface area contributed by atoms with Crippen molar-refractivity contribution in [3.63, 3.8) is 0 Å². The fraction of sp³-hybridized carbons (Fsp3) is 0.533. The molecule has 0 bridgehead atoms. The summed E-state index contributed by atoms with van der Waals surface area (Å²) < 4.78 is 5.58. The van der Waals surface area contributed by atoms with E-state index < -0.39 is 0 Å². The number of ketones is 1. The van der Waals surface area contributed by atoms with E-state index in [-0.39, 0.29) is 11.9 Å². The molecule has 18 heavy (non-hydrogen) atoms. The van der Waals surface area contributed by atoms with Crippen molar-refractivity contribution in [2.24, 2.45) is 0 Å². The van der Waals surface area contributed by atoms with Crippen LogP contribution in [0.4, 0.5) is 0 Å². The minimum atomic E-state index is 0.233. The third-order valence-corrected chi connectivity index (χ3v) is 3.18. The third-order valence-electron chi connectivity index (χ3n) is 3.18. The standard InChI is InChI=1S/C15H21NO2/c1-13-11-16(8-5-9-18-13)12-15(17)10-14-6-3-2-4-7-14/h2-4,6-7,13H,5,8-12H2,1H3. The second-order valence-electron chi connectivity index (χ2n) is 4.97. The lowest BCUT2D eigenvalue weighted by atomic mass is 10.1. The monoisotopic (exact) mass is 247 g/mol. The van der Waals surface area contributed by atoms with Crippen molar-refractivity contribution in [1.82, 2.24) is 4.90 Å². The van der Waals surface area contributed by atoms with Gasteiger partial charge in [0, 0.05) is 26.1 Å². The van der Waals surface area contributed by atoms with Crippen LogP contribution in [0.3, 0.4) is 0 Å². The maximum atomic E-state index is 12.0. The molecule has 1 aliphatic heterocycles. The van der Waals surface area contributed by atoms with E-state index in [9.17, 15) is 4.79 Å². The van der Waals surface area contributed by atoms with E-state index in [1.165, 1.54) is 0 Å². The number of benzene rings is 1. The molecule has 2 rings (SSSR count). The molecule has 0 amide bonds. The molecule has 1 fully saturated rings. The Morgan fingerprint density at radius 3 is 2.94 bits per heavy atom. The highest BCUT2D eigenvalue weighted by atomic mass is 16.5.